The summed E-state index contributed by atoms with van der Waals surface area (Å²) in [4.78, 5) is 0. The molecule has 2 aliphatic rings. The van der Waals surface area contributed by atoms with Crippen molar-refractivity contribution in [3.8, 4) is 0 Å². The molecule has 11 heavy (non-hydrogen) atoms. The van der Waals surface area contributed by atoms with Gasteiger partial charge in [0.05, 0.1) is 6.10 Å². The molecule has 64 valence electrons. The highest BCUT2D eigenvalue weighted by Crippen LogP contribution is 2.17. The first-order valence-electron chi connectivity index (χ1n) is 4.43. The molecule has 0 bridgehead atoms. The molecule has 0 amide bonds. The first-order valence-corrected chi connectivity index (χ1v) is 4.43. The molecular weight excluding hydrogens is 142 g/mol. The molecule has 2 unspecified atom stereocenters. The van der Waals surface area contributed by atoms with Crippen molar-refractivity contribution < 1.29 is 9.47 Å². The first-order chi connectivity index (χ1) is 5.45. The Labute approximate surface area is 67.1 Å². The maximum atomic E-state index is 5.69. The molecule has 0 radical (unpaired) electrons. The Kier molecular flexibility index (Phi) is 2.41. The molecular formula is C8H15NO2. The van der Waals surface area contributed by atoms with Gasteiger partial charge in [0.15, 0.2) is 6.29 Å². The van der Waals surface area contributed by atoms with Gasteiger partial charge in [-0.3, -0.25) is 0 Å². The van der Waals surface area contributed by atoms with Crippen molar-refractivity contribution in [1.29, 1.82) is 0 Å². The Balaban J connectivity index is 1.71. The van der Waals surface area contributed by atoms with Crippen molar-refractivity contribution in [2.45, 2.75) is 31.7 Å². The fourth-order valence-corrected chi connectivity index (χ4v) is 1.61. The Morgan fingerprint density at radius 2 is 2.36 bits per heavy atom. The van der Waals surface area contributed by atoms with Gasteiger partial charge in [0.1, 0.15) is 0 Å². The van der Waals surface area contributed by atoms with Crippen LogP contribution >= 0.6 is 0 Å². The molecule has 3 heteroatoms. The summed E-state index contributed by atoms with van der Waals surface area (Å²) in [6, 6.07) is 0. The van der Waals surface area contributed by atoms with E-state index in [1.165, 1.54) is 0 Å². The predicted octanol–water partition coefficient (Wildman–Crippen LogP) is 0.501. The van der Waals surface area contributed by atoms with E-state index in [-0.39, 0.29) is 6.29 Å². The van der Waals surface area contributed by atoms with Crippen LogP contribution in [0.5, 0.6) is 0 Å². The third kappa shape index (κ3) is 1.92. The van der Waals surface area contributed by atoms with Crippen LogP contribution in [-0.4, -0.2) is 32.1 Å². The molecule has 0 aromatic carbocycles. The van der Waals surface area contributed by atoms with E-state index in [9.17, 15) is 0 Å². The maximum Gasteiger partial charge on any atom is 0.158 e. The molecule has 2 heterocycles. The van der Waals surface area contributed by atoms with Crippen molar-refractivity contribution in [3.63, 3.8) is 0 Å². The van der Waals surface area contributed by atoms with Gasteiger partial charge in [-0.05, 0) is 19.4 Å². The van der Waals surface area contributed by atoms with Gasteiger partial charge in [-0.15, -0.1) is 0 Å². The second kappa shape index (κ2) is 3.52. The van der Waals surface area contributed by atoms with Crippen molar-refractivity contribution in [2.75, 3.05) is 19.7 Å². The van der Waals surface area contributed by atoms with E-state index < -0.39 is 0 Å². The molecule has 2 fully saturated rings. The van der Waals surface area contributed by atoms with Crippen molar-refractivity contribution in [3.05, 3.63) is 0 Å². The Hall–Kier alpha value is -0.120. The topological polar surface area (TPSA) is 30.5 Å². The minimum absolute atomic E-state index is 0.0971. The standard InChI is InChI=1S/C8H15NO2/c1-2-8(10-5-1)11-7-3-4-9-6-7/h7-9H,1-6H2. The molecule has 0 saturated carbocycles. The Morgan fingerprint density at radius 3 is 3.00 bits per heavy atom. The number of nitrogens with one attached hydrogen (secondary N) is 1. The summed E-state index contributed by atoms with van der Waals surface area (Å²) in [5.74, 6) is 0. The largest absolute Gasteiger partial charge is 0.353 e. The highest BCUT2D eigenvalue weighted by atomic mass is 16.7. The van der Waals surface area contributed by atoms with Crippen LogP contribution in [-0.2, 0) is 9.47 Å². The molecule has 2 atom stereocenters. The highest BCUT2D eigenvalue weighted by molar-refractivity contribution is 4.72. The lowest BCUT2D eigenvalue weighted by Crippen LogP contribution is -2.23. The molecule has 0 spiro atoms. The lowest BCUT2D eigenvalue weighted by Gasteiger charge is -2.15. The minimum atomic E-state index is 0.0971. The number of ether oxygens (including phenoxy) is 2. The first kappa shape index (κ1) is 7.53. The van der Waals surface area contributed by atoms with Gasteiger partial charge in [0.25, 0.3) is 0 Å². The molecule has 2 rings (SSSR count). The second-order valence-electron chi connectivity index (χ2n) is 3.19. The summed E-state index contributed by atoms with van der Waals surface area (Å²) in [5, 5.41) is 3.27. The summed E-state index contributed by atoms with van der Waals surface area (Å²) in [7, 11) is 0. The maximum absolute atomic E-state index is 5.69. The van der Waals surface area contributed by atoms with Crippen LogP contribution in [0.3, 0.4) is 0 Å². The summed E-state index contributed by atoms with van der Waals surface area (Å²) >= 11 is 0. The molecule has 2 aliphatic heterocycles. The normalized spacial score (nSPS) is 38.2. The van der Waals surface area contributed by atoms with Gasteiger partial charge in [-0.25, -0.2) is 0 Å². The molecule has 3 nitrogen and oxygen atoms in total. The molecule has 0 aliphatic carbocycles. The Morgan fingerprint density at radius 1 is 1.36 bits per heavy atom. The van der Waals surface area contributed by atoms with Crippen LogP contribution in [0, 0.1) is 0 Å². The molecule has 0 aromatic rings. The van der Waals surface area contributed by atoms with E-state index in [1.807, 2.05) is 0 Å². The monoisotopic (exact) mass is 157 g/mol. The molecule has 2 saturated heterocycles. The van der Waals surface area contributed by atoms with Crippen LogP contribution in [0.4, 0.5) is 0 Å². The van der Waals surface area contributed by atoms with E-state index in [1.54, 1.807) is 0 Å². The second-order valence-corrected chi connectivity index (χ2v) is 3.19. The summed E-state index contributed by atoms with van der Waals surface area (Å²) < 4.78 is 11.1. The van der Waals surface area contributed by atoms with Crippen molar-refractivity contribution >= 4 is 0 Å². The van der Waals surface area contributed by atoms with Crippen LogP contribution in [0.2, 0.25) is 0 Å². The summed E-state index contributed by atoms with van der Waals surface area (Å²) in [6.07, 6.45) is 3.87. The van der Waals surface area contributed by atoms with Crippen molar-refractivity contribution in [2.24, 2.45) is 0 Å². The van der Waals surface area contributed by atoms with Gasteiger partial charge in [0, 0.05) is 19.6 Å². The summed E-state index contributed by atoms with van der Waals surface area (Å²) in [6.45, 7) is 2.97. The zero-order chi connectivity index (χ0) is 7.52. The van der Waals surface area contributed by atoms with Gasteiger partial charge < -0.3 is 14.8 Å². The number of rotatable bonds is 2. The zero-order valence-electron chi connectivity index (χ0n) is 6.71. The number of hydrogen-bond acceptors (Lipinski definition) is 3. The molecule has 0 aromatic heterocycles. The van der Waals surface area contributed by atoms with Crippen LogP contribution in [0.15, 0.2) is 0 Å². The Bertz CT molecular complexity index is 103. The third-order valence-corrected chi connectivity index (χ3v) is 2.25. The highest BCUT2D eigenvalue weighted by Gasteiger charge is 2.22. The van der Waals surface area contributed by atoms with Crippen LogP contribution in [0.1, 0.15) is 19.3 Å². The lowest BCUT2D eigenvalue weighted by atomic mass is 10.3. The van der Waals surface area contributed by atoms with Gasteiger partial charge >= 0.3 is 0 Å². The van der Waals surface area contributed by atoms with E-state index >= 15 is 0 Å². The average Bonchev–Trinajstić information content (AvgIpc) is 2.60. The average molecular weight is 157 g/mol. The van der Waals surface area contributed by atoms with E-state index in [0.717, 1.165) is 39.0 Å². The minimum Gasteiger partial charge on any atom is -0.353 e. The van der Waals surface area contributed by atoms with E-state index in [4.69, 9.17) is 9.47 Å². The zero-order valence-corrected chi connectivity index (χ0v) is 6.71. The van der Waals surface area contributed by atoms with Gasteiger partial charge in [0.2, 0.25) is 0 Å². The van der Waals surface area contributed by atoms with Crippen molar-refractivity contribution in [1.82, 2.24) is 5.32 Å². The van der Waals surface area contributed by atoms with E-state index in [2.05, 4.69) is 5.32 Å². The smallest absolute Gasteiger partial charge is 0.158 e. The number of hydrogen-bond donors (Lipinski definition) is 1. The van der Waals surface area contributed by atoms with Gasteiger partial charge in [-0.1, -0.05) is 0 Å². The van der Waals surface area contributed by atoms with Gasteiger partial charge in [-0.2, -0.15) is 0 Å². The SMILES string of the molecule is C1COC(OC2CCNC2)C1. The fourth-order valence-electron chi connectivity index (χ4n) is 1.61. The van der Waals surface area contributed by atoms with E-state index in [0.29, 0.717) is 6.10 Å². The quantitative estimate of drug-likeness (QED) is 0.633. The van der Waals surface area contributed by atoms with Crippen LogP contribution < -0.4 is 5.32 Å². The third-order valence-electron chi connectivity index (χ3n) is 2.25. The van der Waals surface area contributed by atoms with Crippen LogP contribution in [0.25, 0.3) is 0 Å². The fraction of sp³-hybridized carbons (Fsp3) is 1.00. The summed E-state index contributed by atoms with van der Waals surface area (Å²) in [5.41, 5.74) is 0. The molecule has 1 N–H and O–H groups in total. The lowest BCUT2D eigenvalue weighted by molar-refractivity contribution is -0.138. The predicted molar refractivity (Wildman–Crippen MR) is 41.3 cm³/mol.